The minimum atomic E-state index is -1.40. The van der Waals surface area contributed by atoms with Gasteiger partial charge in [-0.2, -0.15) is 0 Å². The van der Waals surface area contributed by atoms with Gasteiger partial charge < -0.3 is 24.5 Å². The van der Waals surface area contributed by atoms with Gasteiger partial charge in [-0.05, 0) is 37.3 Å². The van der Waals surface area contributed by atoms with Gasteiger partial charge in [-0.25, -0.2) is 9.37 Å². The molecule has 1 atom stereocenters. The smallest absolute Gasteiger partial charge is 0.277 e. The van der Waals surface area contributed by atoms with E-state index in [1.165, 1.54) is 18.2 Å². The second-order valence-corrected chi connectivity index (χ2v) is 6.98. The summed E-state index contributed by atoms with van der Waals surface area (Å²) in [6, 6.07) is 13.3. The number of nitrogens with zero attached hydrogens (tertiary/aromatic N) is 2. The number of benzene rings is 2. The van der Waals surface area contributed by atoms with Gasteiger partial charge in [-0.15, -0.1) is 0 Å². The van der Waals surface area contributed by atoms with E-state index in [9.17, 15) is 14.3 Å². The predicted octanol–water partition coefficient (Wildman–Crippen LogP) is 3.29. The van der Waals surface area contributed by atoms with Crippen LogP contribution in [0.15, 0.2) is 52.9 Å². The summed E-state index contributed by atoms with van der Waals surface area (Å²) in [7, 11) is 0. The molecule has 3 aromatic rings. The molecule has 0 bridgehead atoms. The first-order chi connectivity index (χ1) is 14.5. The molecule has 7 nitrogen and oxygen atoms in total. The summed E-state index contributed by atoms with van der Waals surface area (Å²) in [6.45, 7) is 4.63. The number of ether oxygens (including phenoxy) is 1. The van der Waals surface area contributed by atoms with Crippen molar-refractivity contribution in [2.24, 2.45) is 0 Å². The highest BCUT2D eigenvalue weighted by Gasteiger charge is 2.24. The molecule has 0 saturated carbocycles. The fraction of sp³-hybridized carbons (Fsp3) is 0.273. The van der Waals surface area contributed by atoms with E-state index in [1.807, 2.05) is 24.3 Å². The molecule has 0 aliphatic carbocycles. The Morgan fingerprint density at radius 3 is 2.57 bits per heavy atom. The van der Waals surface area contributed by atoms with E-state index in [1.54, 1.807) is 13.0 Å². The molecule has 1 fully saturated rings. The van der Waals surface area contributed by atoms with Gasteiger partial charge in [0.2, 0.25) is 5.89 Å². The topological polar surface area (TPSA) is 87.8 Å². The van der Waals surface area contributed by atoms with Crippen LogP contribution in [0.5, 0.6) is 0 Å². The molecule has 2 aromatic carbocycles. The lowest BCUT2D eigenvalue weighted by Crippen LogP contribution is -2.36. The molecular weight excluding hydrogens is 389 g/mol. The second-order valence-electron chi connectivity index (χ2n) is 6.98. The summed E-state index contributed by atoms with van der Waals surface area (Å²) in [5.74, 6) is -0.942. The monoisotopic (exact) mass is 411 g/mol. The van der Waals surface area contributed by atoms with Gasteiger partial charge in [0.05, 0.1) is 13.2 Å². The van der Waals surface area contributed by atoms with E-state index in [-0.39, 0.29) is 22.9 Å². The Bertz CT molecular complexity index is 1030. The molecule has 1 aliphatic heterocycles. The van der Waals surface area contributed by atoms with Crippen molar-refractivity contribution in [1.29, 1.82) is 0 Å². The van der Waals surface area contributed by atoms with Gasteiger partial charge >= 0.3 is 0 Å². The first-order valence-corrected chi connectivity index (χ1v) is 9.67. The molecule has 1 saturated heterocycles. The van der Waals surface area contributed by atoms with E-state index < -0.39 is 17.8 Å². The molecule has 156 valence electrons. The minimum absolute atomic E-state index is 0.0319. The van der Waals surface area contributed by atoms with Crippen molar-refractivity contribution in [2.45, 2.75) is 13.0 Å². The second kappa shape index (κ2) is 8.64. The largest absolute Gasteiger partial charge is 0.442 e. The van der Waals surface area contributed by atoms with Gasteiger partial charge in [-0.1, -0.05) is 18.2 Å². The number of anilines is 2. The van der Waals surface area contributed by atoms with Crippen LogP contribution >= 0.6 is 0 Å². The maximum absolute atomic E-state index is 13.9. The number of aromatic nitrogens is 1. The number of aryl methyl sites for hydroxylation is 1. The SMILES string of the molecule is Cc1oc(C(O)c2ccccc2F)nc1C(=O)Nc1ccc(N2CCOCC2)cc1. The zero-order chi connectivity index (χ0) is 21.1. The normalized spacial score (nSPS) is 15.1. The average molecular weight is 411 g/mol. The molecule has 8 heteroatoms. The van der Waals surface area contributed by atoms with Crippen LogP contribution in [-0.4, -0.2) is 42.3 Å². The highest BCUT2D eigenvalue weighted by atomic mass is 19.1. The molecule has 0 radical (unpaired) electrons. The number of carbonyl (C=O) groups excluding carboxylic acids is 1. The van der Waals surface area contributed by atoms with Crippen LogP contribution in [0.1, 0.15) is 33.8 Å². The highest BCUT2D eigenvalue weighted by molar-refractivity contribution is 6.03. The van der Waals surface area contributed by atoms with Crippen LogP contribution < -0.4 is 10.2 Å². The van der Waals surface area contributed by atoms with Crippen LogP contribution in [0.2, 0.25) is 0 Å². The van der Waals surface area contributed by atoms with E-state index in [4.69, 9.17) is 9.15 Å². The summed E-state index contributed by atoms with van der Waals surface area (Å²) in [5, 5.41) is 13.2. The fourth-order valence-electron chi connectivity index (χ4n) is 3.34. The first-order valence-electron chi connectivity index (χ1n) is 9.67. The number of hydrogen-bond donors (Lipinski definition) is 2. The van der Waals surface area contributed by atoms with Crippen LogP contribution in [0.25, 0.3) is 0 Å². The van der Waals surface area contributed by atoms with Crippen LogP contribution in [-0.2, 0) is 4.74 Å². The fourth-order valence-corrected chi connectivity index (χ4v) is 3.34. The van der Waals surface area contributed by atoms with Crippen molar-refractivity contribution >= 4 is 17.3 Å². The Balaban J connectivity index is 1.47. The van der Waals surface area contributed by atoms with Gasteiger partial charge in [0.15, 0.2) is 11.8 Å². The van der Waals surface area contributed by atoms with Crippen molar-refractivity contribution in [3.63, 3.8) is 0 Å². The molecule has 4 rings (SSSR count). The van der Waals surface area contributed by atoms with Gasteiger partial charge in [0.25, 0.3) is 5.91 Å². The Hall–Kier alpha value is -3.23. The Morgan fingerprint density at radius 1 is 1.17 bits per heavy atom. The molecule has 0 spiro atoms. The Kier molecular flexibility index (Phi) is 5.78. The van der Waals surface area contributed by atoms with E-state index in [2.05, 4.69) is 15.2 Å². The zero-order valence-electron chi connectivity index (χ0n) is 16.5. The molecule has 2 N–H and O–H groups in total. The van der Waals surface area contributed by atoms with Crippen molar-refractivity contribution in [2.75, 3.05) is 36.5 Å². The summed E-state index contributed by atoms with van der Waals surface area (Å²) in [5.41, 5.74) is 1.74. The molecule has 1 amide bonds. The van der Waals surface area contributed by atoms with Crippen LogP contribution in [0, 0.1) is 12.7 Å². The van der Waals surface area contributed by atoms with E-state index in [0.717, 1.165) is 18.8 Å². The maximum Gasteiger partial charge on any atom is 0.277 e. The third-order valence-electron chi connectivity index (χ3n) is 4.96. The standard InChI is InChI=1S/C22H22FN3O4/c1-14-19(25-22(30-14)20(27)17-4-2-3-5-18(17)23)21(28)24-15-6-8-16(9-7-15)26-10-12-29-13-11-26/h2-9,20,27H,10-13H2,1H3,(H,24,28). The third kappa shape index (κ3) is 4.19. The number of aliphatic hydroxyl groups excluding tert-OH is 1. The summed E-state index contributed by atoms with van der Waals surface area (Å²) in [4.78, 5) is 19.0. The number of hydrogen-bond acceptors (Lipinski definition) is 6. The van der Waals surface area contributed by atoms with Gasteiger partial charge in [0, 0.05) is 30.0 Å². The number of rotatable bonds is 5. The minimum Gasteiger partial charge on any atom is -0.442 e. The number of carbonyl (C=O) groups is 1. The molecule has 2 heterocycles. The molecular formula is C22H22FN3O4. The summed E-state index contributed by atoms with van der Waals surface area (Å²) >= 11 is 0. The number of halogens is 1. The van der Waals surface area contributed by atoms with Gasteiger partial charge in [0.1, 0.15) is 11.6 Å². The Labute approximate surface area is 173 Å². The van der Waals surface area contributed by atoms with Crippen LogP contribution in [0.4, 0.5) is 15.8 Å². The molecule has 1 aromatic heterocycles. The number of nitrogens with one attached hydrogen (secondary N) is 1. The quantitative estimate of drug-likeness (QED) is 0.670. The third-order valence-corrected chi connectivity index (χ3v) is 4.96. The van der Waals surface area contributed by atoms with Crippen molar-refractivity contribution in [3.8, 4) is 0 Å². The molecule has 1 aliphatic rings. The predicted molar refractivity (Wildman–Crippen MR) is 109 cm³/mol. The van der Waals surface area contributed by atoms with Crippen LogP contribution in [0.3, 0.4) is 0 Å². The highest BCUT2D eigenvalue weighted by Crippen LogP contribution is 2.26. The van der Waals surface area contributed by atoms with E-state index in [0.29, 0.717) is 18.9 Å². The number of morpholine rings is 1. The van der Waals surface area contributed by atoms with Crippen molar-refractivity contribution < 1.29 is 23.4 Å². The van der Waals surface area contributed by atoms with Gasteiger partial charge in [-0.3, -0.25) is 4.79 Å². The van der Waals surface area contributed by atoms with Crippen molar-refractivity contribution in [1.82, 2.24) is 4.98 Å². The first kappa shape index (κ1) is 20.1. The maximum atomic E-state index is 13.9. The lowest BCUT2D eigenvalue weighted by molar-refractivity contribution is 0.102. The zero-order valence-corrected chi connectivity index (χ0v) is 16.5. The number of amides is 1. The Morgan fingerprint density at radius 2 is 1.87 bits per heavy atom. The average Bonchev–Trinajstić information content (AvgIpc) is 3.16. The number of oxazole rings is 1. The lowest BCUT2D eigenvalue weighted by atomic mass is 10.1. The number of aliphatic hydroxyl groups is 1. The molecule has 30 heavy (non-hydrogen) atoms. The van der Waals surface area contributed by atoms with E-state index >= 15 is 0 Å². The summed E-state index contributed by atoms with van der Waals surface area (Å²) in [6.07, 6.45) is -1.40. The molecule has 1 unspecified atom stereocenters. The van der Waals surface area contributed by atoms with Crippen molar-refractivity contribution in [3.05, 3.63) is 77.3 Å². The summed E-state index contributed by atoms with van der Waals surface area (Å²) < 4.78 is 24.7. The lowest BCUT2D eigenvalue weighted by Gasteiger charge is -2.28.